The fourth-order valence-electron chi connectivity index (χ4n) is 3.39. The van der Waals surface area contributed by atoms with Crippen molar-refractivity contribution in [2.75, 3.05) is 0 Å². The van der Waals surface area contributed by atoms with E-state index in [1.807, 2.05) is 6.92 Å². The molecule has 0 amide bonds. The lowest BCUT2D eigenvalue weighted by Gasteiger charge is -2.10. The van der Waals surface area contributed by atoms with E-state index in [0.717, 1.165) is 37.8 Å². The van der Waals surface area contributed by atoms with Crippen LogP contribution in [0.2, 0.25) is 5.02 Å². The second-order valence-corrected chi connectivity index (χ2v) is 7.36. The van der Waals surface area contributed by atoms with Crippen molar-refractivity contribution in [1.82, 2.24) is 13.9 Å². The maximum Gasteiger partial charge on any atom is 0.144 e. The number of aromatic nitrogens is 3. The van der Waals surface area contributed by atoms with Gasteiger partial charge in [0.1, 0.15) is 4.83 Å². The Morgan fingerprint density at radius 1 is 1.22 bits per heavy atom. The lowest BCUT2D eigenvalue weighted by Crippen LogP contribution is -1.99. The van der Waals surface area contributed by atoms with E-state index in [1.165, 1.54) is 35.8 Å². The Balaban J connectivity index is 0.00000156. The Morgan fingerprint density at radius 2 is 1.91 bits per heavy atom. The SMILES string of the molecule is Cc1nsc2nc(-c3cc(C)n(C4CC4)c3C)c(Cl)c(C)c12.Cl. The summed E-state index contributed by atoms with van der Waals surface area (Å²) in [6.45, 7) is 8.43. The second kappa shape index (κ2) is 5.76. The van der Waals surface area contributed by atoms with E-state index >= 15 is 0 Å². The molecule has 0 bridgehead atoms. The summed E-state index contributed by atoms with van der Waals surface area (Å²) in [5.41, 5.74) is 6.73. The molecular weight excluding hydrogens is 349 g/mol. The van der Waals surface area contributed by atoms with Gasteiger partial charge in [-0.3, -0.25) is 0 Å². The molecule has 0 aliphatic heterocycles. The van der Waals surface area contributed by atoms with Gasteiger partial charge in [-0.25, -0.2) is 4.98 Å². The van der Waals surface area contributed by atoms with Crippen molar-refractivity contribution < 1.29 is 0 Å². The summed E-state index contributed by atoms with van der Waals surface area (Å²) in [4.78, 5) is 5.81. The van der Waals surface area contributed by atoms with Gasteiger partial charge in [0.2, 0.25) is 0 Å². The summed E-state index contributed by atoms with van der Waals surface area (Å²) in [5.74, 6) is 0. The van der Waals surface area contributed by atoms with Gasteiger partial charge in [0.25, 0.3) is 0 Å². The number of hydrogen-bond acceptors (Lipinski definition) is 3. The molecule has 4 rings (SSSR count). The minimum Gasteiger partial charge on any atom is -0.345 e. The first-order valence-corrected chi connectivity index (χ1v) is 8.75. The molecule has 0 spiro atoms. The Hall–Kier alpha value is -1.10. The molecule has 3 aromatic heterocycles. The van der Waals surface area contributed by atoms with E-state index in [9.17, 15) is 0 Å². The van der Waals surface area contributed by atoms with Gasteiger partial charge < -0.3 is 4.57 Å². The molecular formula is C17H19Cl2N3S. The first-order chi connectivity index (χ1) is 10.5. The van der Waals surface area contributed by atoms with E-state index in [1.54, 1.807) is 0 Å². The normalized spacial score (nSPS) is 14.3. The van der Waals surface area contributed by atoms with Crippen molar-refractivity contribution in [3.05, 3.63) is 33.7 Å². The van der Waals surface area contributed by atoms with E-state index in [4.69, 9.17) is 16.6 Å². The Kier molecular flexibility index (Phi) is 4.20. The molecule has 1 fully saturated rings. The number of fused-ring (bicyclic) bond motifs is 1. The molecule has 3 nitrogen and oxygen atoms in total. The maximum atomic E-state index is 6.67. The Labute approximate surface area is 151 Å². The highest BCUT2D eigenvalue weighted by Gasteiger charge is 2.28. The van der Waals surface area contributed by atoms with E-state index < -0.39 is 0 Å². The van der Waals surface area contributed by atoms with Crippen LogP contribution in [0.3, 0.4) is 0 Å². The van der Waals surface area contributed by atoms with Crippen molar-refractivity contribution in [3.63, 3.8) is 0 Å². The van der Waals surface area contributed by atoms with Crippen LogP contribution in [0.5, 0.6) is 0 Å². The van der Waals surface area contributed by atoms with Crippen molar-refractivity contribution >= 4 is 45.8 Å². The lowest BCUT2D eigenvalue weighted by molar-refractivity contribution is 0.700. The molecule has 0 saturated heterocycles. The fraction of sp³-hybridized carbons (Fsp3) is 0.412. The van der Waals surface area contributed by atoms with E-state index in [0.29, 0.717) is 6.04 Å². The molecule has 3 aromatic rings. The second-order valence-electron chi connectivity index (χ2n) is 6.23. The van der Waals surface area contributed by atoms with Crippen LogP contribution >= 0.6 is 35.5 Å². The first kappa shape index (κ1) is 16.7. The van der Waals surface area contributed by atoms with Crippen molar-refractivity contribution in [1.29, 1.82) is 0 Å². The van der Waals surface area contributed by atoms with Crippen LogP contribution in [0.4, 0.5) is 0 Å². The standard InChI is InChI=1S/C17H18ClN3S.ClH/c1-8-7-13(11(4)21(8)12-5-6-12)16-15(18)9(2)14-10(3)20-22-17(14)19-16;/h7,12H,5-6H2,1-4H3;1H. The van der Waals surface area contributed by atoms with Crippen LogP contribution in [0.25, 0.3) is 21.5 Å². The van der Waals surface area contributed by atoms with Crippen LogP contribution in [-0.4, -0.2) is 13.9 Å². The molecule has 1 aliphatic carbocycles. The lowest BCUT2D eigenvalue weighted by atomic mass is 10.1. The molecule has 1 aliphatic rings. The molecule has 122 valence electrons. The zero-order chi connectivity index (χ0) is 15.6. The third-order valence-corrected chi connectivity index (χ3v) is 5.92. The average Bonchev–Trinajstić information content (AvgIpc) is 3.17. The summed E-state index contributed by atoms with van der Waals surface area (Å²) < 4.78 is 6.87. The average molecular weight is 368 g/mol. The van der Waals surface area contributed by atoms with E-state index in [-0.39, 0.29) is 12.4 Å². The van der Waals surface area contributed by atoms with Gasteiger partial charge in [-0.15, -0.1) is 12.4 Å². The molecule has 0 N–H and O–H groups in total. The molecule has 23 heavy (non-hydrogen) atoms. The molecule has 0 atom stereocenters. The molecule has 1 saturated carbocycles. The molecule has 6 heteroatoms. The third kappa shape index (κ3) is 2.48. The first-order valence-electron chi connectivity index (χ1n) is 7.60. The Bertz CT molecular complexity index is 907. The highest BCUT2D eigenvalue weighted by Crippen LogP contribution is 2.42. The van der Waals surface area contributed by atoms with Crippen LogP contribution in [0, 0.1) is 27.7 Å². The molecule has 0 aromatic carbocycles. The zero-order valence-corrected chi connectivity index (χ0v) is 16.0. The summed E-state index contributed by atoms with van der Waals surface area (Å²) in [6, 6.07) is 2.89. The third-order valence-electron chi connectivity index (χ3n) is 4.62. The number of hydrogen-bond donors (Lipinski definition) is 0. The van der Waals surface area contributed by atoms with Crippen molar-refractivity contribution in [2.45, 2.75) is 46.6 Å². The van der Waals surface area contributed by atoms with Gasteiger partial charge in [0.05, 0.1) is 16.4 Å². The number of nitrogens with zero attached hydrogens (tertiary/aromatic N) is 3. The topological polar surface area (TPSA) is 30.7 Å². The zero-order valence-electron chi connectivity index (χ0n) is 13.6. The number of aryl methyl sites for hydroxylation is 3. The van der Waals surface area contributed by atoms with E-state index in [2.05, 4.69) is 35.8 Å². The smallest absolute Gasteiger partial charge is 0.144 e. The van der Waals surface area contributed by atoms with Gasteiger partial charge in [0.15, 0.2) is 0 Å². The fourth-order valence-corrected chi connectivity index (χ4v) is 4.47. The minimum atomic E-state index is 0. The quantitative estimate of drug-likeness (QED) is 0.572. The molecule has 3 heterocycles. The number of pyridine rings is 1. The number of rotatable bonds is 2. The highest BCUT2D eigenvalue weighted by atomic mass is 35.5. The van der Waals surface area contributed by atoms with Crippen molar-refractivity contribution in [2.24, 2.45) is 0 Å². The predicted octanol–water partition coefficient (Wildman–Crippen LogP) is 5.80. The van der Waals surface area contributed by atoms with Gasteiger partial charge in [0, 0.05) is 28.4 Å². The van der Waals surface area contributed by atoms with Gasteiger partial charge in [-0.2, -0.15) is 4.37 Å². The van der Waals surface area contributed by atoms with Crippen LogP contribution < -0.4 is 0 Å². The largest absolute Gasteiger partial charge is 0.345 e. The monoisotopic (exact) mass is 367 g/mol. The van der Waals surface area contributed by atoms with Gasteiger partial charge >= 0.3 is 0 Å². The van der Waals surface area contributed by atoms with Crippen LogP contribution in [0.15, 0.2) is 6.07 Å². The van der Waals surface area contributed by atoms with Gasteiger partial charge in [-0.1, -0.05) is 11.6 Å². The summed E-state index contributed by atoms with van der Waals surface area (Å²) in [6.07, 6.45) is 2.56. The molecule has 0 unspecified atom stereocenters. The molecule has 0 radical (unpaired) electrons. The summed E-state index contributed by atoms with van der Waals surface area (Å²) in [7, 11) is 0. The minimum absolute atomic E-state index is 0. The summed E-state index contributed by atoms with van der Waals surface area (Å²) >= 11 is 8.12. The predicted molar refractivity (Wildman–Crippen MR) is 100 cm³/mol. The Morgan fingerprint density at radius 3 is 2.57 bits per heavy atom. The highest BCUT2D eigenvalue weighted by molar-refractivity contribution is 7.13. The maximum absolute atomic E-state index is 6.67. The van der Waals surface area contributed by atoms with Crippen LogP contribution in [-0.2, 0) is 0 Å². The van der Waals surface area contributed by atoms with Gasteiger partial charge in [-0.05, 0) is 63.7 Å². The summed E-state index contributed by atoms with van der Waals surface area (Å²) in [5, 5.41) is 1.86. The van der Waals surface area contributed by atoms with Crippen molar-refractivity contribution in [3.8, 4) is 11.3 Å². The number of halogens is 2. The van der Waals surface area contributed by atoms with Crippen LogP contribution in [0.1, 0.15) is 41.5 Å².